The van der Waals surface area contributed by atoms with Gasteiger partial charge in [-0.2, -0.15) is 5.10 Å². The number of amides is 3. The third-order valence-electron chi connectivity index (χ3n) is 3.83. The summed E-state index contributed by atoms with van der Waals surface area (Å²) in [6.07, 6.45) is 1.36. The van der Waals surface area contributed by atoms with E-state index in [0.29, 0.717) is 17.0 Å². The van der Waals surface area contributed by atoms with Gasteiger partial charge in [0.15, 0.2) is 6.61 Å². The van der Waals surface area contributed by atoms with Crippen molar-refractivity contribution in [1.82, 2.24) is 10.7 Å². The first-order chi connectivity index (χ1) is 13.4. The van der Waals surface area contributed by atoms with Gasteiger partial charge in [0.05, 0.1) is 6.21 Å². The average Bonchev–Trinajstić information content (AvgIpc) is 2.69. The zero-order valence-electron chi connectivity index (χ0n) is 15.9. The van der Waals surface area contributed by atoms with Gasteiger partial charge in [0.25, 0.3) is 5.91 Å². The number of hydrogen-bond acceptors (Lipinski definition) is 5. The highest BCUT2D eigenvalue weighted by Crippen LogP contribution is 2.15. The molecule has 0 aliphatic rings. The predicted molar refractivity (Wildman–Crippen MR) is 106 cm³/mol. The van der Waals surface area contributed by atoms with Gasteiger partial charge in [0.1, 0.15) is 5.75 Å². The van der Waals surface area contributed by atoms with Crippen molar-refractivity contribution in [3.8, 4) is 5.75 Å². The molecule has 0 aliphatic carbocycles. The zero-order valence-corrected chi connectivity index (χ0v) is 15.9. The van der Waals surface area contributed by atoms with Crippen LogP contribution in [-0.4, -0.2) is 37.6 Å². The smallest absolute Gasteiger partial charge is 0.329 e. The maximum absolute atomic E-state index is 12.1. The van der Waals surface area contributed by atoms with Gasteiger partial charge in [-0.3, -0.25) is 14.4 Å². The van der Waals surface area contributed by atoms with Gasteiger partial charge in [-0.15, -0.1) is 0 Å². The Kier molecular flexibility index (Phi) is 7.27. The molecule has 0 saturated carbocycles. The van der Waals surface area contributed by atoms with Crippen molar-refractivity contribution in [1.29, 1.82) is 0 Å². The van der Waals surface area contributed by atoms with Crippen molar-refractivity contribution in [3.05, 3.63) is 59.2 Å². The molecular formula is C20H22N4O4. The molecule has 28 heavy (non-hydrogen) atoms. The lowest BCUT2D eigenvalue weighted by molar-refractivity contribution is -0.138. The Bertz CT molecular complexity index is 909. The largest absolute Gasteiger partial charge is 0.484 e. The molecule has 0 fully saturated rings. The Morgan fingerprint density at radius 2 is 1.82 bits per heavy atom. The zero-order chi connectivity index (χ0) is 20.5. The highest BCUT2D eigenvalue weighted by molar-refractivity contribution is 6.35. The van der Waals surface area contributed by atoms with E-state index in [4.69, 9.17) is 4.74 Å². The van der Waals surface area contributed by atoms with Crippen LogP contribution < -0.4 is 20.8 Å². The minimum atomic E-state index is -0.867. The number of benzene rings is 2. The van der Waals surface area contributed by atoms with E-state index in [9.17, 15) is 14.4 Å². The van der Waals surface area contributed by atoms with E-state index in [0.717, 1.165) is 11.1 Å². The third kappa shape index (κ3) is 6.24. The normalized spacial score (nSPS) is 10.4. The van der Waals surface area contributed by atoms with Crippen molar-refractivity contribution in [3.63, 3.8) is 0 Å². The van der Waals surface area contributed by atoms with Crippen LogP contribution in [0.5, 0.6) is 5.75 Å². The van der Waals surface area contributed by atoms with Crippen LogP contribution in [0.1, 0.15) is 16.7 Å². The Balaban J connectivity index is 1.88. The molecule has 3 amide bonds. The van der Waals surface area contributed by atoms with E-state index in [1.165, 1.54) is 13.3 Å². The molecular weight excluding hydrogens is 360 g/mol. The third-order valence-corrected chi connectivity index (χ3v) is 3.83. The molecule has 2 aromatic carbocycles. The first-order valence-electron chi connectivity index (χ1n) is 8.54. The lowest BCUT2D eigenvalue weighted by atomic mass is 10.1. The molecule has 0 radical (unpaired) electrons. The van der Waals surface area contributed by atoms with Gasteiger partial charge in [0.2, 0.25) is 0 Å². The van der Waals surface area contributed by atoms with E-state index in [-0.39, 0.29) is 12.5 Å². The van der Waals surface area contributed by atoms with E-state index in [2.05, 4.69) is 21.2 Å². The van der Waals surface area contributed by atoms with Gasteiger partial charge < -0.3 is 15.4 Å². The van der Waals surface area contributed by atoms with E-state index in [1.807, 2.05) is 32.0 Å². The number of rotatable bonds is 6. The Morgan fingerprint density at radius 3 is 2.54 bits per heavy atom. The predicted octanol–water partition coefficient (Wildman–Crippen LogP) is 1.52. The van der Waals surface area contributed by atoms with Gasteiger partial charge in [-0.25, -0.2) is 5.43 Å². The lowest BCUT2D eigenvalue weighted by Crippen LogP contribution is -2.35. The number of hydrogen-bond donors (Lipinski definition) is 3. The summed E-state index contributed by atoms with van der Waals surface area (Å²) in [5.41, 5.74) is 5.69. The van der Waals surface area contributed by atoms with Crippen LogP contribution in [-0.2, 0) is 14.4 Å². The average molecular weight is 382 g/mol. The molecule has 2 rings (SSSR count). The molecule has 0 spiro atoms. The molecule has 0 saturated heterocycles. The van der Waals surface area contributed by atoms with Gasteiger partial charge >= 0.3 is 11.8 Å². The number of nitrogens with zero attached hydrogens (tertiary/aromatic N) is 1. The molecule has 0 atom stereocenters. The first kappa shape index (κ1) is 20.6. The monoisotopic (exact) mass is 382 g/mol. The number of likely N-dealkylation sites (N-methyl/N-ethyl adjacent to an activating group) is 1. The molecule has 8 heteroatoms. The standard InChI is InChI=1S/C20H22N4O4/c1-13-7-8-16(9-14(13)2)23-18(25)12-28-17-6-4-5-15(10-17)11-22-24-20(27)19(26)21-3/h4-11H,12H2,1-3H3,(H,21,26)(H,23,25)(H,24,27)/b22-11-. The second-order valence-electron chi connectivity index (χ2n) is 5.99. The Morgan fingerprint density at radius 1 is 1.04 bits per heavy atom. The van der Waals surface area contributed by atoms with Crippen LogP contribution >= 0.6 is 0 Å². The molecule has 0 heterocycles. The van der Waals surface area contributed by atoms with Crippen LogP contribution in [0.25, 0.3) is 0 Å². The fraction of sp³-hybridized carbons (Fsp3) is 0.200. The Labute approximate surface area is 163 Å². The summed E-state index contributed by atoms with van der Waals surface area (Å²) in [5, 5.41) is 8.67. The number of nitrogens with one attached hydrogen (secondary N) is 3. The number of anilines is 1. The van der Waals surface area contributed by atoms with Crippen molar-refractivity contribution in [2.24, 2.45) is 5.10 Å². The summed E-state index contributed by atoms with van der Waals surface area (Å²) >= 11 is 0. The molecule has 0 unspecified atom stereocenters. The summed E-state index contributed by atoms with van der Waals surface area (Å²) < 4.78 is 5.49. The number of aryl methyl sites for hydroxylation is 2. The van der Waals surface area contributed by atoms with Crippen molar-refractivity contribution < 1.29 is 19.1 Å². The quantitative estimate of drug-likeness (QED) is 0.400. The minimum absolute atomic E-state index is 0.152. The van der Waals surface area contributed by atoms with Gasteiger partial charge in [0, 0.05) is 12.7 Å². The van der Waals surface area contributed by atoms with E-state index < -0.39 is 11.8 Å². The number of hydrazone groups is 1. The first-order valence-corrected chi connectivity index (χ1v) is 8.54. The molecule has 0 bridgehead atoms. The van der Waals surface area contributed by atoms with Crippen LogP contribution in [0.2, 0.25) is 0 Å². The van der Waals surface area contributed by atoms with Crippen molar-refractivity contribution in [2.45, 2.75) is 13.8 Å². The van der Waals surface area contributed by atoms with Crippen molar-refractivity contribution in [2.75, 3.05) is 19.0 Å². The highest BCUT2D eigenvalue weighted by Gasteiger charge is 2.09. The summed E-state index contributed by atoms with van der Waals surface area (Å²) in [6, 6.07) is 12.5. The fourth-order valence-corrected chi connectivity index (χ4v) is 2.18. The van der Waals surface area contributed by atoms with E-state index >= 15 is 0 Å². The second-order valence-corrected chi connectivity index (χ2v) is 5.99. The molecule has 0 aliphatic heterocycles. The maximum atomic E-state index is 12.1. The highest BCUT2D eigenvalue weighted by atomic mass is 16.5. The lowest BCUT2D eigenvalue weighted by Gasteiger charge is -2.09. The molecule has 2 aromatic rings. The number of ether oxygens (including phenoxy) is 1. The number of carbonyl (C=O) groups excluding carboxylic acids is 3. The number of carbonyl (C=O) groups is 3. The summed E-state index contributed by atoms with van der Waals surface area (Å²) in [5.74, 6) is -1.46. The van der Waals surface area contributed by atoms with E-state index in [1.54, 1.807) is 24.3 Å². The van der Waals surface area contributed by atoms with Gasteiger partial charge in [-0.05, 0) is 54.8 Å². The molecule has 3 N–H and O–H groups in total. The van der Waals surface area contributed by atoms with Crippen LogP contribution in [0.15, 0.2) is 47.6 Å². The summed E-state index contributed by atoms with van der Waals surface area (Å²) in [4.78, 5) is 34.4. The SMILES string of the molecule is CNC(=O)C(=O)N/N=C\c1cccc(OCC(=O)Nc2ccc(C)c(C)c2)c1. The minimum Gasteiger partial charge on any atom is -0.484 e. The van der Waals surface area contributed by atoms with Crippen LogP contribution in [0.4, 0.5) is 5.69 Å². The van der Waals surface area contributed by atoms with Crippen LogP contribution in [0.3, 0.4) is 0 Å². The maximum Gasteiger partial charge on any atom is 0.329 e. The Hall–Kier alpha value is -3.68. The molecule has 8 nitrogen and oxygen atoms in total. The van der Waals surface area contributed by atoms with Gasteiger partial charge in [-0.1, -0.05) is 18.2 Å². The topological polar surface area (TPSA) is 109 Å². The summed E-state index contributed by atoms with van der Waals surface area (Å²) in [7, 11) is 1.35. The van der Waals surface area contributed by atoms with Crippen LogP contribution in [0, 0.1) is 13.8 Å². The fourth-order valence-electron chi connectivity index (χ4n) is 2.18. The molecule has 146 valence electrons. The van der Waals surface area contributed by atoms with Crippen molar-refractivity contribution >= 4 is 29.6 Å². The molecule has 0 aromatic heterocycles. The summed E-state index contributed by atoms with van der Waals surface area (Å²) in [6.45, 7) is 3.83. The second kappa shape index (κ2) is 9.86.